The molecule has 5 rings (SSSR count). The van der Waals surface area contributed by atoms with Crippen LogP contribution in [0.15, 0.2) is 78.9 Å². The molecule has 0 spiro atoms. The zero-order chi connectivity index (χ0) is 28.1. The first-order valence-corrected chi connectivity index (χ1v) is 13.5. The molecule has 0 saturated carbocycles. The highest BCUT2D eigenvalue weighted by Crippen LogP contribution is 2.32. The Morgan fingerprint density at radius 1 is 0.800 bits per heavy atom. The number of β-amino-alcohol motifs (C(OH)–C–C–N with tert-alkyl or cyclic N) is 1. The van der Waals surface area contributed by atoms with Crippen molar-refractivity contribution in [2.45, 2.75) is 39.7 Å². The third-order valence-electron chi connectivity index (χ3n) is 7.58. The summed E-state index contributed by atoms with van der Waals surface area (Å²) >= 11 is 0. The fourth-order valence-electron chi connectivity index (χ4n) is 5.09. The van der Waals surface area contributed by atoms with Gasteiger partial charge in [0.2, 0.25) is 0 Å². The predicted octanol–water partition coefficient (Wildman–Crippen LogP) is 6.13. The van der Waals surface area contributed by atoms with Crippen LogP contribution in [0.25, 0.3) is 11.1 Å². The van der Waals surface area contributed by atoms with Crippen molar-refractivity contribution >= 4 is 6.29 Å². The number of nitrogens with zero attached hydrogens (tertiary/aromatic N) is 1. The number of likely N-dealkylation sites (tertiary alicyclic amines) is 1. The number of aliphatic hydroxyl groups excluding tert-OH is 1. The highest BCUT2D eigenvalue weighted by Gasteiger charge is 2.25. The zero-order valence-corrected chi connectivity index (χ0v) is 23.2. The zero-order valence-electron chi connectivity index (χ0n) is 23.2. The van der Waals surface area contributed by atoms with Crippen molar-refractivity contribution in [3.63, 3.8) is 0 Å². The first-order chi connectivity index (χ1) is 19.4. The van der Waals surface area contributed by atoms with E-state index in [4.69, 9.17) is 14.2 Å². The summed E-state index contributed by atoms with van der Waals surface area (Å²) in [7, 11) is 1.67. The number of carbonyl (C=O) groups excluding carboxylic acids is 1. The van der Waals surface area contributed by atoms with Gasteiger partial charge >= 0.3 is 0 Å². The second kappa shape index (κ2) is 12.4. The fraction of sp³-hybridized carbons (Fsp3) is 0.265. The largest absolute Gasteiger partial charge is 0.496 e. The van der Waals surface area contributed by atoms with Crippen molar-refractivity contribution in [2.24, 2.45) is 0 Å². The lowest BCUT2D eigenvalue weighted by atomic mass is 9.92. The Balaban J connectivity index is 1.28. The van der Waals surface area contributed by atoms with Crippen LogP contribution in [-0.4, -0.2) is 42.6 Å². The molecular formula is C34H35NO5. The lowest BCUT2D eigenvalue weighted by Crippen LogP contribution is -2.49. The fourth-order valence-corrected chi connectivity index (χ4v) is 5.09. The van der Waals surface area contributed by atoms with Crippen LogP contribution in [0.4, 0.5) is 0 Å². The Morgan fingerprint density at radius 3 is 1.93 bits per heavy atom. The maximum Gasteiger partial charge on any atom is 0.150 e. The number of aldehydes is 1. The molecule has 6 nitrogen and oxygen atoms in total. The minimum Gasteiger partial charge on any atom is -0.496 e. The van der Waals surface area contributed by atoms with Crippen LogP contribution < -0.4 is 14.2 Å². The van der Waals surface area contributed by atoms with E-state index in [0.29, 0.717) is 31.9 Å². The van der Waals surface area contributed by atoms with Crippen molar-refractivity contribution in [1.29, 1.82) is 0 Å². The molecule has 0 aliphatic carbocycles. The number of hydrogen-bond donors (Lipinski definition) is 1. The van der Waals surface area contributed by atoms with Crippen molar-refractivity contribution < 1.29 is 24.1 Å². The summed E-state index contributed by atoms with van der Waals surface area (Å²) < 4.78 is 17.8. The minimum absolute atomic E-state index is 0.222. The highest BCUT2D eigenvalue weighted by atomic mass is 16.5. The van der Waals surface area contributed by atoms with Gasteiger partial charge in [-0.05, 0) is 77.6 Å². The molecule has 0 amide bonds. The number of rotatable bonds is 11. The molecule has 206 valence electrons. The van der Waals surface area contributed by atoms with Crippen LogP contribution in [0.1, 0.15) is 38.2 Å². The third kappa shape index (κ3) is 6.19. The van der Waals surface area contributed by atoms with Crippen LogP contribution in [-0.2, 0) is 19.8 Å². The third-order valence-corrected chi connectivity index (χ3v) is 7.58. The molecule has 4 aromatic carbocycles. The van der Waals surface area contributed by atoms with Crippen LogP contribution in [0.3, 0.4) is 0 Å². The molecular weight excluding hydrogens is 502 g/mol. The normalized spacial score (nSPS) is 13.5. The monoisotopic (exact) mass is 537 g/mol. The van der Waals surface area contributed by atoms with Crippen LogP contribution in [0.5, 0.6) is 17.2 Å². The average Bonchev–Trinajstić information content (AvgIpc) is 2.96. The van der Waals surface area contributed by atoms with Gasteiger partial charge in [0.15, 0.2) is 0 Å². The van der Waals surface area contributed by atoms with Gasteiger partial charge in [-0.15, -0.1) is 0 Å². The molecule has 1 saturated heterocycles. The molecule has 0 unspecified atom stereocenters. The van der Waals surface area contributed by atoms with Crippen LogP contribution in [0.2, 0.25) is 0 Å². The Kier molecular flexibility index (Phi) is 8.48. The minimum atomic E-state index is -0.222. The van der Waals surface area contributed by atoms with Crippen molar-refractivity contribution in [2.75, 3.05) is 20.2 Å². The number of carbonyl (C=O) groups is 1. The van der Waals surface area contributed by atoms with Crippen LogP contribution >= 0.6 is 0 Å². The number of ether oxygens (including phenoxy) is 3. The van der Waals surface area contributed by atoms with Gasteiger partial charge in [-0.2, -0.15) is 0 Å². The van der Waals surface area contributed by atoms with E-state index in [2.05, 4.69) is 55.1 Å². The Hall–Kier alpha value is -4.13. The summed E-state index contributed by atoms with van der Waals surface area (Å²) in [5.74, 6) is 2.28. The number of methoxy groups -OCH3 is 1. The summed E-state index contributed by atoms with van der Waals surface area (Å²) in [6.45, 7) is 7.29. The Labute approximate surface area is 235 Å². The predicted molar refractivity (Wildman–Crippen MR) is 156 cm³/mol. The van der Waals surface area contributed by atoms with Gasteiger partial charge < -0.3 is 19.3 Å². The Bertz CT molecular complexity index is 1470. The standard InChI is InChI=1S/C34H35NO5/c1-23-27(21-39-30-13-10-25(20-36)11-14-30)6-4-8-32(23)33-9-5-7-28(24(33)2)22-40-31-15-12-26(34(16-31)38-3)17-35-18-29(37)19-35/h4-16,20,29,37H,17-19,21-22H2,1-3H3. The molecule has 0 atom stereocenters. The average molecular weight is 538 g/mol. The van der Waals surface area contributed by atoms with Gasteiger partial charge in [0.05, 0.1) is 13.2 Å². The molecule has 1 heterocycles. The van der Waals surface area contributed by atoms with E-state index < -0.39 is 0 Å². The summed E-state index contributed by atoms with van der Waals surface area (Å²) in [4.78, 5) is 13.1. The van der Waals surface area contributed by atoms with E-state index in [1.54, 1.807) is 19.2 Å². The number of hydrogen-bond acceptors (Lipinski definition) is 6. The van der Waals surface area contributed by atoms with Crippen molar-refractivity contribution in [3.8, 4) is 28.4 Å². The smallest absolute Gasteiger partial charge is 0.150 e. The van der Waals surface area contributed by atoms with E-state index in [-0.39, 0.29) is 6.10 Å². The maximum atomic E-state index is 10.9. The first kappa shape index (κ1) is 27.4. The molecule has 1 aliphatic heterocycles. The van der Waals surface area contributed by atoms with Crippen LogP contribution in [0, 0.1) is 13.8 Å². The van der Waals surface area contributed by atoms with Gasteiger partial charge in [0.1, 0.15) is 36.7 Å². The van der Waals surface area contributed by atoms with E-state index in [1.165, 1.54) is 22.3 Å². The molecule has 0 aromatic heterocycles. The molecule has 40 heavy (non-hydrogen) atoms. The van der Waals surface area contributed by atoms with Gasteiger partial charge in [-0.1, -0.05) is 42.5 Å². The number of benzene rings is 4. The molecule has 1 aliphatic rings. The van der Waals surface area contributed by atoms with Gasteiger partial charge in [0, 0.05) is 36.8 Å². The maximum absolute atomic E-state index is 10.9. The number of aliphatic hydroxyl groups is 1. The summed E-state index contributed by atoms with van der Waals surface area (Å²) in [6, 6.07) is 25.7. The van der Waals surface area contributed by atoms with Gasteiger partial charge in [0.25, 0.3) is 0 Å². The molecule has 0 radical (unpaired) electrons. The van der Waals surface area contributed by atoms with Crippen molar-refractivity contribution in [3.05, 3.63) is 112 Å². The molecule has 0 bridgehead atoms. The van der Waals surface area contributed by atoms with E-state index in [9.17, 15) is 9.90 Å². The molecule has 4 aromatic rings. The summed E-state index contributed by atoms with van der Waals surface area (Å²) in [6.07, 6.45) is 0.606. The second-order valence-corrected chi connectivity index (χ2v) is 10.3. The van der Waals surface area contributed by atoms with E-state index >= 15 is 0 Å². The van der Waals surface area contributed by atoms with E-state index in [0.717, 1.165) is 46.8 Å². The molecule has 1 N–H and O–H groups in total. The first-order valence-electron chi connectivity index (χ1n) is 13.5. The lowest BCUT2D eigenvalue weighted by molar-refractivity contribution is -0.00323. The summed E-state index contributed by atoms with van der Waals surface area (Å²) in [5.41, 5.74) is 8.61. The molecule has 1 fully saturated rings. The Morgan fingerprint density at radius 2 is 1.38 bits per heavy atom. The van der Waals surface area contributed by atoms with Crippen molar-refractivity contribution in [1.82, 2.24) is 4.90 Å². The topological polar surface area (TPSA) is 68.2 Å². The highest BCUT2D eigenvalue weighted by molar-refractivity contribution is 5.75. The molecule has 6 heteroatoms. The quantitative estimate of drug-likeness (QED) is 0.232. The SMILES string of the molecule is COc1cc(OCc2cccc(-c3cccc(COc4ccc(C=O)cc4)c3C)c2C)ccc1CN1CC(O)C1. The van der Waals surface area contributed by atoms with E-state index in [1.807, 2.05) is 30.3 Å². The lowest BCUT2D eigenvalue weighted by Gasteiger charge is -2.36. The van der Waals surface area contributed by atoms with Gasteiger partial charge in [-0.25, -0.2) is 0 Å². The summed E-state index contributed by atoms with van der Waals surface area (Å²) in [5, 5.41) is 9.56. The van der Waals surface area contributed by atoms with Gasteiger partial charge in [-0.3, -0.25) is 9.69 Å². The second-order valence-electron chi connectivity index (χ2n) is 10.3.